The van der Waals surface area contributed by atoms with Crippen LogP contribution in [0.1, 0.15) is 88.7 Å². The number of anilines is 4. The molecule has 2 aliphatic carbocycles. The van der Waals surface area contributed by atoms with Crippen LogP contribution in [-0.4, -0.2) is 117 Å². The van der Waals surface area contributed by atoms with Gasteiger partial charge in [-0.25, -0.2) is 29.5 Å². The van der Waals surface area contributed by atoms with E-state index >= 15 is 8.78 Å². The number of carbonyl (C=O) groups is 4. The minimum atomic E-state index is -1.19. The molecule has 0 spiro atoms. The summed E-state index contributed by atoms with van der Waals surface area (Å²) in [5.41, 5.74) is 10.1. The number of carbonyl (C=O) groups excluding carboxylic acids is 2. The van der Waals surface area contributed by atoms with Gasteiger partial charge in [0.2, 0.25) is 23.4 Å². The Labute approximate surface area is 359 Å². The van der Waals surface area contributed by atoms with Gasteiger partial charge in [0, 0.05) is 64.3 Å². The number of nitrogens with one attached hydrogen (secondary N) is 6. The largest absolute Gasteiger partial charge is 0.465 e. The van der Waals surface area contributed by atoms with Crippen molar-refractivity contribution in [3.63, 3.8) is 0 Å². The summed E-state index contributed by atoms with van der Waals surface area (Å²) in [6.45, 7) is 5.48. The molecule has 344 valence electrons. The molecule has 4 fully saturated rings. The lowest BCUT2D eigenvalue weighted by molar-refractivity contribution is -0.125. The number of hydrogen-bond acceptors (Lipinski definition) is 14. The second kappa shape index (κ2) is 23.2. The monoisotopic (exact) mass is 876 g/mol. The van der Waals surface area contributed by atoms with Crippen molar-refractivity contribution in [2.45, 2.75) is 90.9 Å². The van der Waals surface area contributed by atoms with E-state index in [2.05, 4.69) is 52.3 Å². The fourth-order valence-electron chi connectivity index (χ4n) is 8.75. The highest BCUT2D eigenvalue weighted by Crippen LogP contribution is 2.33. The summed E-state index contributed by atoms with van der Waals surface area (Å²) in [6, 6.07) is 0. The van der Waals surface area contributed by atoms with Gasteiger partial charge in [-0.15, -0.1) is 0 Å². The van der Waals surface area contributed by atoms with Crippen LogP contribution in [0.3, 0.4) is 0 Å². The van der Waals surface area contributed by atoms with Gasteiger partial charge in [-0.2, -0.15) is 8.78 Å². The molecule has 4 aliphatic rings. The minimum absolute atomic E-state index is 0.00773. The highest BCUT2D eigenvalue weighted by molar-refractivity contribution is 5.81. The van der Waals surface area contributed by atoms with Gasteiger partial charge in [0.1, 0.15) is 11.6 Å². The minimum Gasteiger partial charge on any atom is -0.465 e. The number of carboxylic acid groups (broad SMARTS) is 2. The molecule has 4 amide bonds. The molecule has 0 aromatic carbocycles. The second-order valence-corrected chi connectivity index (χ2v) is 16.8. The standard InChI is InChI=1S/2C20H31FN6O4/c2*1-12-23-17(16(21)18(24-12)27-7-6-14(10-27)11-28)25-26-19(29)15(9-22-20(30)31)8-13-4-2-3-5-13/h2*13-15,22,28H,2-11H2,1H3,(H,26,29)(H,30,31)(H,23,24,25)/t2*14-,15+/m00/s1. The molecule has 2 saturated carbocycles. The van der Waals surface area contributed by atoms with Gasteiger partial charge in [-0.05, 0) is 51.4 Å². The maximum atomic E-state index is 15.0. The fourth-order valence-corrected chi connectivity index (χ4v) is 8.75. The van der Waals surface area contributed by atoms with E-state index in [9.17, 15) is 29.4 Å². The average molecular weight is 877 g/mol. The van der Waals surface area contributed by atoms with Crippen molar-refractivity contribution in [2.75, 3.05) is 73.1 Å². The predicted molar refractivity (Wildman–Crippen MR) is 224 cm³/mol. The van der Waals surface area contributed by atoms with E-state index in [1.54, 1.807) is 23.6 Å². The van der Waals surface area contributed by atoms with Crippen LogP contribution in [-0.2, 0) is 9.59 Å². The van der Waals surface area contributed by atoms with Gasteiger partial charge >= 0.3 is 12.2 Å². The molecule has 10 N–H and O–H groups in total. The molecule has 4 atom stereocenters. The van der Waals surface area contributed by atoms with Crippen molar-refractivity contribution in [1.82, 2.24) is 41.4 Å². The molecule has 0 bridgehead atoms. The lowest BCUT2D eigenvalue weighted by Gasteiger charge is -2.22. The van der Waals surface area contributed by atoms with E-state index in [0.717, 1.165) is 64.2 Å². The van der Waals surface area contributed by atoms with E-state index in [4.69, 9.17) is 10.2 Å². The number of rotatable bonds is 18. The summed E-state index contributed by atoms with van der Waals surface area (Å²) < 4.78 is 30.1. The van der Waals surface area contributed by atoms with Crippen LogP contribution in [0.4, 0.5) is 41.6 Å². The highest BCUT2D eigenvalue weighted by atomic mass is 19.1. The Morgan fingerprint density at radius 3 is 1.31 bits per heavy atom. The molecular formula is C40H62F2N12O8. The number of aliphatic hydroxyl groups is 2. The smallest absolute Gasteiger partial charge is 0.404 e. The van der Waals surface area contributed by atoms with E-state index in [0.29, 0.717) is 62.5 Å². The number of aryl methyl sites for hydroxylation is 2. The van der Waals surface area contributed by atoms with Gasteiger partial charge in [0.05, 0.1) is 11.8 Å². The summed E-state index contributed by atoms with van der Waals surface area (Å²) in [7, 11) is 0. The van der Waals surface area contributed by atoms with Gasteiger partial charge in [-0.1, -0.05) is 51.4 Å². The van der Waals surface area contributed by atoms with E-state index in [-0.39, 0.29) is 61.4 Å². The Morgan fingerprint density at radius 1 is 0.613 bits per heavy atom. The molecule has 4 heterocycles. The van der Waals surface area contributed by atoms with Gasteiger partial charge in [0.15, 0.2) is 23.3 Å². The summed E-state index contributed by atoms with van der Waals surface area (Å²) in [6.07, 6.45) is 8.83. The lowest BCUT2D eigenvalue weighted by atomic mass is 9.92. The average Bonchev–Trinajstić information content (AvgIpc) is 4.10. The Kier molecular flexibility index (Phi) is 17.8. The van der Waals surface area contributed by atoms with E-state index in [1.807, 2.05) is 0 Å². The molecular weight excluding hydrogens is 815 g/mol. The maximum absolute atomic E-state index is 15.0. The van der Waals surface area contributed by atoms with Crippen molar-refractivity contribution in [3.05, 3.63) is 23.3 Å². The first-order valence-electron chi connectivity index (χ1n) is 21.6. The molecule has 62 heavy (non-hydrogen) atoms. The Hall–Kier alpha value is -5.38. The van der Waals surface area contributed by atoms with Crippen molar-refractivity contribution < 1.29 is 48.4 Å². The third kappa shape index (κ3) is 13.8. The number of hydrogen-bond donors (Lipinski definition) is 10. The molecule has 2 aromatic heterocycles. The number of amides is 4. The van der Waals surface area contributed by atoms with Crippen LogP contribution < -0.4 is 42.1 Å². The third-order valence-electron chi connectivity index (χ3n) is 12.1. The summed E-state index contributed by atoms with van der Waals surface area (Å²) in [5, 5.41) is 41.0. The van der Waals surface area contributed by atoms with Crippen LogP contribution >= 0.6 is 0 Å². The van der Waals surface area contributed by atoms with Crippen LogP contribution in [0.25, 0.3) is 0 Å². The van der Waals surface area contributed by atoms with E-state index in [1.165, 1.54) is 0 Å². The third-order valence-corrected chi connectivity index (χ3v) is 12.1. The zero-order chi connectivity index (χ0) is 44.8. The number of aromatic nitrogens is 4. The summed E-state index contributed by atoms with van der Waals surface area (Å²) in [5.74, 6) is -1.76. The molecule has 0 unspecified atom stereocenters. The zero-order valence-corrected chi connectivity index (χ0v) is 35.5. The van der Waals surface area contributed by atoms with Crippen molar-refractivity contribution >= 4 is 47.3 Å². The topological polar surface area (TPSA) is 279 Å². The Balaban J connectivity index is 0.000000234. The summed E-state index contributed by atoms with van der Waals surface area (Å²) >= 11 is 0. The van der Waals surface area contributed by atoms with E-state index < -0.39 is 47.5 Å². The van der Waals surface area contributed by atoms with Gasteiger partial charge < -0.3 is 40.9 Å². The van der Waals surface area contributed by atoms with Crippen LogP contribution in [0.15, 0.2) is 0 Å². The molecule has 2 aliphatic heterocycles. The number of aliphatic hydroxyl groups excluding tert-OH is 2. The van der Waals surface area contributed by atoms with Gasteiger partial charge in [0.25, 0.3) is 0 Å². The molecule has 20 nitrogen and oxygen atoms in total. The SMILES string of the molecule is Cc1nc(NNC(=O)[C@@H](CNC(=O)O)CC2CCCC2)c(F)c(N2CC[C@H](CO)C2)n1.Cc1nc(NNC(=O)[C@@H](CNC(=O)O)CC2CCCC2)c(F)c(N2CC[C@H](CO)C2)n1. The van der Waals surface area contributed by atoms with Crippen LogP contribution in [0.2, 0.25) is 0 Å². The van der Waals surface area contributed by atoms with Crippen LogP contribution in [0.5, 0.6) is 0 Å². The molecule has 6 rings (SSSR count). The zero-order valence-electron chi connectivity index (χ0n) is 35.5. The van der Waals surface area contributed by atoms with Crippen molar-refractivity contribution in [1.29, 1.82) is 0 Å². The fraction of sp³-hybridized carbons (Fsp3) is 0.700. The second-order valence-electron chi connectivity index (χ2n) is 16.8. The Bertz CT molecular complexity index is 1710. The lowest BCUT2D eigenvalue weighted by Crippen LogP contribution is -2.42. The van der Waals surface area contributed by atoms with Crippen molar-refractivity contribution in [3.8, 4) is 0 Å². The summed E-state index contributed by atoms with van der Waals surface area (Å²) in [4.78, 5) is 67.2. The Morgan fingerprint density at radius 2 is 0.984 bits per heavy atom. The first kappa shape index (κ1) is 47.7. The predicted octanol–water partition coefficient (Wildman–Crippen LogP) is 3.30. The molecule has 22 heteroatoms. The number of nitrogens with zero attached hydrogens (tertiary/aromatic N) is 6. The molecule has 2 saturated heterocycles. The van der Waals surface area contributed by atoms with Crippen molar-refractivity contribution in [2.24, 2.45) is 35.5 Å². The number of halogens is 2. The quantitative estimate of drug-likeness (QED) is 0.0962. The number of hydrazine groups is 2. The van der Waals surface area contributed by atoms with Gasteiger partial charge in [-0.3, -0.25) is 31.3 Å². The highest BCUT2D eigenvalue weighted by Gasteiger charge is 2.31. The first-order valence-corrected chi connectivity index (χ1v) is 21.6. The first-order chi connectivity index (χ1) is 29.7. The normalized spacial score (nSPS) is 20.0. The maximum Gasteiger partial charge on any atom is 0.404 e. The molecule has 2 aromatic rings. The molecule has 0 radical (unpaired) electrons. The van der Waals surface area contributed by atoms with Crippen LogP contribution in [0, 0.1) is 61.0 Å².